The summed E-state index contributed by atoms with van der Waals surface area (Å²) in [4.78, 5) is 11.9. The maximum Gasteiger partial charge on any atom is 0.338 e. The summed E-state index contributed by atoms with van der Waals surface area (Å²) < 4.78 is 5.43. The predicted octanol–water partition coefficient (Wildman–Crippen LogP) is 10.4. The van der Waals surface area contributed by atoms with Gasteiger partial charge in [0.05, 0.1) is 0 Å². The van der Waals surface area contributed by atoms with Gasteiger partial charge in [0.1, 0.15) is 5.75 Å². The summed E-state index contributed by atoms with van der Waals surface area (Å²) in [6, 6.07) is 8.35. The highest BCUT2D eigenvalue weighted by Gasteiger charge is 2.60. The largest absolute Gasteiger partial charge is 0.423 e. The number of carbonyl (C=O) groups is 1. The lowest BCUT2D eigenvalue weighted by atomic mass is 9.43. The van der Waals surface area contributed by atoms with E-state index in [1.807, 2.05) is 12.1 Å². The smallest absolute Gasteiger partial charge is 0.338 e. The van der Waals surface area contributed by atoms with Crippen molar-refractivity contribution < 1.29 is 9.53 Å². The molecular formula is C37H56O2. The van der Waals surface area contributed by atoms with E-state index < -0.39 is 0 Å². The average Bonchev–Trinajstić information content (AvgIpc) is 3.25. The fraction of sp³-hybridized carbons (Fsp3) is 0.757. The number of ether oxygens (including phenoxy) is 1. The van der Waals surface area contributed by atoms with Crippen LogP contribution in [-0.2, 0) is 4.79 Å². The van der Waals surface area contributed by atoms with Crippen LogP contribution in [0.1, 0.15) is 130 Å². The van der Waals surface area contributed by atoms with E-state index in [1.165, 1.54) is 82.6 Å². The third-order valence-electron chi connectivity index (χ3n) is 12.8. The lowest BCUT2D eigenvalue weighted by molar-refractivity contribution is -0.130. The standard InChI is InChI=1S/C37H56O2/c1-24(2)9-8-10-26(5)32-17-18-33-31-16-13-29-23-28(19-21-36(29,6)34(31)20-22-37(32,33)7)27-11-14-30(15-12-27)39-35(38)25(3)4/h11-12,14-15,24,26,28-29,31-34H,3,8-10,13,16-23H2,1-2,4-7H3. The van der Waals surface area contributed by atoms with E-state index in [4.69, 9.17) is 4.74 Å². The molecule has 1 aromatic rings. The van der Waals surface area contributed by atoms with E-state index >= 15 is 0 Å². The molecule has 9 unspecified atom stereocenters. The van der Waals surface area contributed by atoms with Crippen molar-refractivity contribution in [3.05, 3.63) is 42.0 Å². The molecule has 216 valence electrons. The van der Waals surface area contributed by atoms with Crippen molar-refractivity contribution in [1.82, 2.24) is 0 Å². The van der Waals surface area contributed by atoms with Crippen LogP contribution < -0.4 is 4.74 Å². The van der Waals surface area contributed by atoms with Crippen molar-refractivity contribution in [2.45, 2.75) is 125 Å². The Labute approximate surface area is 239 Å². The van der Waals surface area contributed by atoms with E-state index in [9.17, 15) is 4.79 Å². The second-order valence-corrected chi connectivity index (χ2v) is 15.4. The fourth-order valence-electron chi connectivity index (χ4n) is 10.6. The highest BCUT2D eigenvalue weighted by atomic mass is 16.5. The van der Waals surface area contributed by atoms with Gasteiger partial charge in [0, 0.05) is 5.57 Å². The summed E-state index contributed by atoms with van der Waals surface area (Å²) in [7, 11) is 0. The molecule has 0 heterocycles. The molecule has 0 saturated heterocycles. The highest BCUT2D eigenvalue weighted by molar-refractivity contribution is 5.88. The Bertz CT molecular complexity index is 1020. The van der Waals surface area contributed by atoms with E-state index in [0.29, 0.717) is 28.1 Å². The maximum atomic E-state index is 11.9. The average molecular weight is 533 g/mol. The molecule has 0 amide bonds. The zero-order chi connectivity index (χ0) is 27.9. The van der Waals surface area contributed by atoms with Crippen LogP contribution in [0.3, 0.4) is 0 Å². The van der Waals surface area contributed by atoms with Gasteiger partial charge < -0.3 is 4.74 Å². The summed E-state index contributed by atoms with van der Waals surface area (Å²) in [5, 5.41) is 0. The minimum Gasteiger partial charge on any atom is -0.423 e. The second-order valence-electron chi connectivity index (χ2n) is 15.4. The van der Waals surface area contributed by atoms with Crippen LogP contribution in [0.2, 0.25) is 0 Å². The molecule has 4 aliphatic carbocycles. The molecule has 2 nitrogen and oxygen atoms in total. The van der Waals surface area contributed by atoms with Gasteiger partial charge in [0.2, 0.25) is 0 Å². The molecule has 39 heavy (non-hydrogen) atoms. The SMILES string of the molecule is C=C(C)C(=O)Oc1ccc(C2CCC3(C)C(CCC4C3CCC3(C)C(C(C)CCCC(C)C)CCC43)C2)cc1. The molecule has 0 aromatic heterocycles. The number of esters is 1. The van der Waals surface area contributed by atoms with Gasteiger partial charge in [-0.05, 0) is 141 Å². The van der Waals surface area contributed by atoms with Crippen molar-refractivity contribution in [2.24, 2.45) is 52.3 Å². The minimum atomic E-state index is -0.342. The van der Waals surface area contributed by atoms with Crippen LogP contribution in [0.5, 0.6) is 5.75 Å². The molecule has 0 spiro atoms. The Morgan fingerprint density at radius 2 is 1.62 bits per heavy atom. The number of rotatable bonds is 8. The first kappa shape index (κ1) is 28.9. The van der Waals surface area contributed by atoms with Crippen LogP contribution in [0, 0.1) is 52.3 Å². The first-order chi connectivity index (χ1) is 18.5. The summed E-state index contributed by atoms with van der Waals surface area (Å²) >= 11 is 0. The molecule has 2 heteroatoms. The van der Waals surface area contributed by atoms with Gasteiger partial charge >= 0.3 is 5.97 Å². The maximum absolute atomic E-state index is 11.9. The summed E-state index contributed by atoms with van der Waals surface area (Å²) in [5.74, 6) is 7.36. The Kier molecular flexibility index (Phi) is 8.43. The van der Waals surface area contributed by atoms with Crippen LogP contribution in [0.25, 0.3) is 0 Å². The van der Waals surface area contributed by atoms with Gasteiger partial charge in [-0.1, -0.05) is 72.6 Å². The van der Waals surface area contributed by atoms with Crippen LogP contribution in [0.4, 0.5) is 0 Å². The van der Waals surface area contributed by atoms with Crippen molar-refractivity contribution in [2.75, 3.05) is 0 Å². The Balaban J connectivity index is 1.23. The summed E-state index contributed by atoms with van der Waals surface area (Å²) in [6.07, 6.45) is 17.1. The molecule has 4 saturated carbocycles. The fourth-order valence-corrected chi connectivity index (χ4v) is 10.6. The van der Waals surface area contributed by atoms with E-state index in [-0.39, 0.29) is 5.97 Å². The Morgan fingerprint density at radius 1 is 0.923 bits per heavy atom. The molecule has 1 aromatic carbocycles. The van der Waals surface area contributed by atoms with Gasteiger partial charge in [-0.3, -0.25) is 0 Å². The number of carbonyl (C=O) groups excluding carboxylic acids is 1. The Hall–Kier alpha value is -1.57. The van der Waals surface area contributed by atoms with Crippen LogP contribution >= 0.6 is 0 Å². The van der Waals surface area contributed by atoms with Gasteiger partial charge in [0.25, 0.3) is 0 Å². The van der Waals surface area contributed by atoms with Gasteiger partial charge in [-0.25, -0.2) is 4.79 Å². The number of fused-ring (bicyclic) bond motifs is 5. The van der Waals surface area contributed by atoms with Crippen LogP contribution in [0.15, 0.2) is 36.4 Å². The predicted molar refractivity (Wildman–Crippen MR) is 163 cm³/mol. The van der Waals surface area contributed by atoms with E-state index in [1.54, 1.807) is 6.92 Å². The molecule has 0 bridgehead atoms. The number of hydrogen-bond donors (Lipinski definition) is 0. The van der Waals surface area contributed by atoms with E-state index in [2.05, 4.69) is 53.3 Å². The van der Waals surface area contributed by atoms with E-state index in [0.717, 1.165) is 41.4 Å². The third-order valence-corrected chi connectivity index (χ3v) is 12.8. The molecular weight excluding hydrogens is 476 g/mol. The topological polar surface area (TPSA) is 26.3 Å². The molecule has 4 fully saturated rings. The number of hydrogen-bond acceptors (Lipinski definition) is 2. The highest BCUT2D eigenvalue weighted by Crippen LogP contribution is 2.69. The zero-order valence-corrected chi connectivity index (χ0v) is 25.9. The van der Waals surface area contributed by atoms with Gasteiger partial charge in [0.15, 0.2) is 0 Å². The second kappa shape index (κ2) is 11.4. The molecule has 0 radical (unpaired) electrons. The van der Waals surface area contributed by atoms with Crippen molar-refractivity contribution >= 4 is 5.97 Å². The number of benzene rings is 1. The molecule has 4 aliphatic rings. The quantitative estimate of drug-likeness (QED) is 0.189. The molecule has 0 aliphatic heterocycles. The molecule has 9 atom stereocenters. The Morgan fingerprint density at radius 3 is 2.31 bits per heavy atom. The molecule has 5 rings (SSSR count). The lowest BCUT2D eigenvalue weighted by Crippen LogP contribution is -2.53. The summed E-state index contributed by atoms with van der Waals surface area (Å²) in [5.41, 5.74) is 2.98. The third kappa shape index (κ3) is 5.52. The van der Waals surface area contributed by atoms with Crippen LogP contribution in [-0.4, -0.2) is 5.97 Å². The van der Waals surface area contributed by atoms with Gasteiger partial charge in [-0.2, -0.15) is 0 Å². The molecule has 0 N–H and O–H groups in total. The summed E-state index contributed by atoms with van der Waals surface area (Å²) in [6.45, 7) is 18.2. The normalized spacial score (nSPS) is 38.4. The van der Waals surface area contributed by atoms with Crippen molar-refractivity contribution in [3.63, 3.8) is 0 Å². The zero-order valence-electron chi connectivity index (χ0n) is 25.9. The first-order valence-electron chi connectivity index (χ1n) is 16.5. The lowest BCUT2D eigenvalue weighted by Gasteiger charge is -2.61. The first-order valence-corrected chi connectivity index (χ1v) is 16.5. The van der Waals surface area contributed by atoms with Crippen molar-refractivity contribution in [3.8, 4) is 5.75 Å². The van der Waals surface area contributed by atoms with Gasteiger partial charge in [-0.15, -0.1) is 0 Å². The monoisotopic (exact) mass is 532 g/mol. The minimum absolute atomic E-state index is 0.342. The van der Waals surface area contributed by atoms with Crippen molar-refractivity contribution in [1.29, 1.82) is 0 Å².